The lowest BCUT2D eigenvalue weighted by atomic mass is 10.1. The molecule has 7 heteroatoms. The standard InChI is InChI=1S/C24H29F3O4/c1-29-23(28)16-8-6-4-2-3-5-7-14-21-22(31-21)15-9-10-17-30-20-13-11-12-19(18-20)24(25,26)27/h2,4-5,7,9-13,18,21-22H,3,6,8,14-17H2,1H3/t21-,22+/m1/s1. The summed E-state index contributed by atoms with van der Waals surface area (Å²) < 4.78 is 53.5. The Morgan fingerprint density at radius 2 is 1.77 bits per heavy atom. The molecule has 0 aromatic heterocycles. The molecule has 0 unspecified atom stereocenters. The van der Waals surface area contributed by atoms with Gasteiger partial charge in [-0.1, -0.05) is 42.5 Å². The Balaban J connectivity index is 1.51. The van der Waals surface area contributed by atoms with Gasteiger partial charge in [-0.3, -0.25) is 4.79 Å². The first-order valence-electron chi connectivity index (χ1n) is 10.4. The zero-order valence-corrected chi connectivity index (χ0v) is 17.6. The van der Waals surface area contributed by atoms with Gasteiger partial charge in [0.05, 0.1) is 24.9 Å². The second kappa shape index (κ2) is 13.0. The fourth-order valence-corrected chi connectivity index (χ4v) is 2.88. The van der Waals surface area contributed by atoms with Gasteiger partial charge in [-0.2, -0.15) is 13.2 Å². The number of rotatable bonds is 13. The van der Waals surface area contributed by atoms with E-state index < -0.39 is 11.7 Å². The molecular formula is C24H29F3O4. The second-order valence-electron chi connectivity index (χ2n) is 7.14. The highest BCUT2D eigenvalue weighted by Gasteiger charge is 2.36. The number of epoxide rings is 1. The molecule has 0 saturated carbocycles. The predicted molar refractivity (Wildman–Crippen MR) is 113 cm³/mol. The van der Waals surface area contributed by atoms with E-state index in [1.54, 1.807) is 6.08 Å². The van der Waals surface area contributed by atoms with Crippen molar-refractivity contribution in [3.8, 4) is 5.75 Å². The Bertz CT molecular complexity index is 768. The number of hydrogen-bond acceptors (Lipinski definition) is 4. The van der Waals surface area contributed by atoms with Gasteiger partial charge in [-0.05, 0) is 50.3 Å². The molecule has 1 aromatic rings. The van der Waals surface area contributed by atoms with Gasteiger partial charge in [0, 0.05) is 6.42 Å². The van der Waals surface area contributed by atoms with Crippen LogP contribution in [0.5, 0.6) is 5.75 Å². The Kier molecular flexibility index (Phi) is 10.4. The molecule has 2 atom stereocenters. The summed E-state index contributed by atoms with van der Waals surface area (Å²) in [6.45, 7) is 0.213. The molecule has 4 nitrogen and oxygen atoms in total. The van der Waals surface area contributed by atoms with Crippen molar-refractivity contribution in [1.29, 1.82) is 0 Å². The molecule has 1 aromatic carbocycles. The number of methoxy groups -OCH3 is 1. The van der Waals surface area contributed by atoms with Crippen molar-refractivity contribution >= 4 is 5.97 Å². The summed E-state index contributed by atoms with van der Waals surface area (Å²) in [5.74, 6) is 0.0213. The topological polar surface area (TPSA) is 48.1 Å². The average Bonchev–Trinajstić information content (AvgIpc) is 3.49. The van der Waals surface area contributed by atoms with E-state index in [1.807, 2.05) is 6.08 Å². The Morgan fingerprint density at radius 1 is 1.06 bits per heavy atom. The molecule has 1 fully saturated rings. The third kappa shape index (κ3) is 10.4. The number of unbranched alkanes of at least 4 members (excludes halogenated alkanes) is 1. The molecule has 2 rings (SSSR count). The van der Waals surface area contributed by atoms with Crippen LogP contribution in [-0.2, 0) is 20.4 Å². The molecule has 31 heavy (non-hydrogen) atoms. The average molecular weight is 438 g/mol. The Morgan fingerprint density at radius 3 is 2.48 bits per heavy atom. The highest BCUT2D eigenvalue weighted by atomic mass is 19.4. The number of esters is 1. The highest BCUT2D eigenvalue weighted by Crippen LogP contribution is 2.31. The maximum absolute atomic E-state index is 12.7. The summed E-state index contributed by atoms with van der Waals surface area (Å²) in [6, 6.07) is 4.86. The summed E-state index contributed by atoms with van der Waals surface area (Å²) in [5, 5.41) is 0. The van der Waals surface area contributed by atoms with E-state index in [4.69, 9.17) is 9.47 Å². The zero-order chi connectivity index (χ0) is 22.5. The zero-order valence-electron chi connectivity index (χ0n) is 17.6. The molecule has 0 radical (unpaired) electrons. The predicted octanol–water partition coefficient (Wildman–Crippen LogP) is 6.03. The van der Waals surface area contributed by atoms with Gasteiger partial charge in [0.25, 0.3) is 0 Å². The minimum atomic E-state index is -4.37. The quantitative estimate of drug-likeness (QED) is 0.163. The second-order valence-corrected chi connectivity index (χ2v) is 7.14. The van der Waals surface area contributed by atoms with Gasteiger partial charge < -0.3 is 14.2 Å². The first kappa shape index (κ1) is 24.7. The molecule has 0 aliphatic carbocycles. The normalized spacial score (nSPS) is 18.8. The monoisotopic (exact) mass is 438 g/mol. The van der Waals surface area contributed by atoms with E-state index in [9.17, 15) is 18.0 Å². The molecular weight excluding hydrogens is 409 g/mol. The van der Waals surface area contributed by atoms with Crippen LogP contribution >= 0.6 is 0 Å². The van der Waals surface area contributed by atoms with E-state index in [2.05, 4.69) is 29.0 Å². The number of carbonyl (C=O) groups excluding carboxylic acids is 1. The maximum atomic E-state index is 12.7. The van der Waals surface area contributed by atoms with Gasteiger partial charge in [0.1, 0.15) is 12.4 Å². The fourth-order valence-electron chi connectivity index (χ4n) is 2.88. The van der Waals surface area contributed by atoms with Crippen LogP contribution in [0.3, 0.4) is 0 Å². The van der Waals surface area contributed by atoms with E-state index in [1.165, 1.54) is 19.2 Å². The third-order valence-corrected chi connectivity index (χ3v) is 4.68. The van der Waals surface area contributed by atoms with Crippen molar-refractivity contribution in [2.24, 2.45) is 0 Å². The lowest BCUT2D eigenvalue weighted by Gasteiger charge is -2.08. The summed E-state index contributed by atoms with van der Waals surface area (Å²) in [5.41, 5.74) is -0.717. The molecule has 1 heterocycles. The molecule has 0 bridgehead atoms. The lowest BCUT2D eigenvalue weighted by molar-refractivity contribution is -0.140. The summed E-state index contributed by atoms with van der Waals surface area (Å²) in [4.78, 5) is 11.0. The molecule has 1 aliphatic heterocycles. The smallest absolute Gasteiger partial charge is 0.416 e. The summed E-state index contributed by atoms with van der Waals surface area (Å²) in [6.07, 6.45) is 12.6. The third-order valence-electron chi connectivity index (χ3n) is 4.68. The molecule has 0 spiro atoms. The largest absolute Gasteiger partial charge is 0.490 e. The highest BCUT2D eigenvalue weighted by molar-refractivity contribution is 5.69. The van der Waals surface area contributed by atoms with Crippen LogP contribution in [0.25, 0.3) is 0 Å². The van der Waals surface area contributed by atoms with Crippen LogP contribution in [0, 0.1) is 0 Å². The number of ether oxygens (including phenoxy) is 3. The minimum absolute atomic E-state index is 0.176. The van der Waals surface area contributed by atoms with Crippen molar-refractivity contribution in [3.63, 3.8) is 0 Å². The summed E-state index contributed by atoms with van der Waals surface area (Å²) >= 11 is 0. The number of allylic oxidation sites excluding steroid dienone is 3. The molecule has 1 saturated heterocycles. The van der Waals surface area contributed by atoms with E-state index in [0.29, 0.717) is 6.42 Å². The molecule has 1 aliphatic rings. The van der Waals surface area contributed by atoms with Crippen LogP contribution < -0.4 is 4.74 Å². The van der Waals surface area contributed by atoms with Crippen LogP contribution in [0.4, 0.5) is 13.2 Å². The number of halogens is 3. The van der Waals surface area contributed by atoms with Gasteiger partial charge in [-0.25, -0.2) is 0 Å². The van der Waals surface area contributed by atoms with Gasteiger partial charge >= 0.3 is 12.1 Å². The van der Waals surface area contributed by atoms with Crippen LogP contribution in [-0.4, -0.2) is 31.9 Å². The van der Waals surface area contributed by atoms with Crippen molar-refractivity contribution in [1.82, 2.24) is 0 Å². The fraction of sp³-hybridized carbons (Fsp3) is 0.458. The number of carbonyl (C=O) groups is 1. The molecule has 170 valence electrons. The van der Waals surface area contributed by atoms with Crippen LogP contribution in [0.1, 0.15) is 44.1 Å². The van der Waals surface area contributed by atoms with Gasteiger partial charge in [0.15, 0.2) is 0 Å². The van der Waals surface area contributed by atoms with Gasteiger partial charge in [0.2, 0.25) is 0 Å². The Hall–Kier alpha value is -2.54. The SMILES string of the molecule is COC(=O)CCCC=CCC=CC[C@H]1O[C@H]1CC=CCOc1cccc(C(F)(F)F)c1. The van der Waals surface area contributed by atoms with Crippen molar-refractivity contribution in [2.75, 3.05) is 13.7 Å². The number of benzene rings is 1. The van der Waals surface area contributed by atoms with E-state index in [-0.39, 0.29) is 30.5 Å². The number of hydrogen-bond donors (Lipinski definition) is 0. The van der Waals surface area contributed by atoms with E-state index in [0.717, 1.165) is 44.2 Å². The van der Waals surface area contributed by atoms with Crippen molar-refractivity contribution in [3.05, 3.63) is 66.3 Å². The van der Waals surface area contributed by atoms with Crippen LogP contribution in [0.15, 0.2) is 60.7 Å². The minimum Gasteiger partial charge on any atom is -0.490 e. The maximum Gasteiger partial charge on any atom is 0.416 e. The first-order chi connectivity index (χ1) is 14.9. The molecule has 0 N–H and O–H groups in total. The van der Waals surface area contributed by atoms with Crippen molar-refractivity contribution < 1.29 is 32.2 Å². The van der Waals surface area contributed by atoms with Crippen molar-refractivity contribution in [2.45, 2.75) is 56.9 Å². The van der Waals surface area contributed by atoms with Crippen LogP contribution in [0.2, 0.25) is 0 Å². The molecule has 0 amide bonds. The van der Waals surface area contributed by atoms with Gasteiger partial charge in [-0.15, -0.1) is 0 Å². The summed E-state index contributed by atoms with van der Waals surface area (Å²) in [7, 11) is 1.40. The van der Waals surface area contributed by atoms with E-state index >= 15 is 0 Å². The number of alkyl halides is 3. The Labute approximate surface area is 181 Å². The lowest BCUT2D eigenvalue weighted by Crippen LogP contribution is -2.05. The first-order valence-corrected chi connectivity index (χ1v) is 10.4.